The summed E-state index contributed by atoms with van der Waals surface area (Å²) in [6.07, 6.45) is 67.1. The molecule has 0 fully saturated rings. The van der Waals surface area contributed by atoms with Crippen molar-refractivity contribution < 1.29 is 32.9 Å². The molecule has 3 atom stereocenters. The minimum atomic E-state index is -4.35. The van der Waals surface area contributed by atoms with Gasteiger partial charge in [0, 0.05) is 6.42 Å². The van der Waals surface area contributed by atoms with Crippen LogP contribution in [0.1, 0.15) is 271 Å². The van der Waals surface area contributed by atoms with Gasteiger partial charge in [-0.15, -0.1) is 0 Å². The Morgan fingerprint density at radius 2 is 0.868 bits per heavy atom. The lowest BCUT2D eigenvalue weighted by Gasteiger charge is -2.25. The molecule has 0 saturated carbocycles. The van der Waals surface area contributed by atoms with E-state index in [1.54, 1.807) is 6.08 Å². The van der Waals surface area contributed by atoms with Gasteiger partial charge in [-0.25, -0.2) is 4.57 Å². The van der Waals surface area contributed by atoms with E-state index in [0.29, 0.717) is 17.4 Å². The Morgan fingerprint density at radius 3 is 1.26 bits per heavy atom. The summed E-state index contributed by atoms with van der Waals surface area (Å²) >= 11 is 0. The van der Waals surface area contributed by atoms with E-state index in [1.807, 2.05) is 34.1 Å². The lowest BCUT2D eigenvalue weighted by molar-refractivity contribution is -0.870. The number of carbonyl (C=O) groups excluding carboxylic acids is 1. The van der Waals surface area contributed by atoms with Crippen LogP contribution in [0.3, 0.4) is 0 Å². The number of nitrogens with one attached hydrogen (secondary N) is 1. The summed E-state index contributed by atoms with van der Waals surface area (Å²) in [5, 5.41) is 13.8. The molecule has 3 N–H and O–H groups in total. The average molecular weight is 979 g/mol. The molecule has 68 heavy (non-hydrogen) atoms. The first-order valence-corrected chi connectivity index (χ1v) is 30.5. The fourth-order valence-corrected chi connectivity index (χ4v) is 9.28. The molecule has 0 aliphatic carbocycles. The Hall–Kier alpha value is -1.54. The van der Waals surface area contributed by atoms with Crippen molar-refractivity contribution in [3.63, 3.8) is 0 Å². The number of hydrogen-bond donors (Lipinski definition) is 3. The second-order valence-electron chi connectivity index (χ2n) is 21.0. The third-order valence-electron chi connectivity index (χ3n) is 13.1. The molecule has 0 aliphatic rings. The number of likely N-dealkylation sites (N-methyl/N-ethyl adjacent to an activating group) is 1. The normalized spacial score (nSPS) is 14.3. The second kappa shape index (κ2) is 50.4. The smallest absolute Gasteiger partial charge is 0.387 e. The van der Waals surface area contributed by atoms with E-state index >= 15 is 0 Å². The van der Waals surface area contributed by atoms with Gasteiger partial charge in [-0.1, -0.05) is 248 Å². The maximum Gasteiger partial charge on any atom is 0.472 e. The van der Waals surface area contributed by atoms with Crippen molar-refractivity contribution in [2.75, 3.05) is 40.9 Å². The van der Waals surface area contributed by atoms with Gasteiger partial charge in [-0.3, -0.25) is 13.8 Å². The van der Waals surface area contributed by atoms with Gasteiger partial charge in [0.2, 0.25) is 5.91 Å². The molecule has 0 aromatic carbocycles. The molecule has 3 unspecified atom stereocenters. The molecule has 8 nitrogen and oxygen atoms in total. The highest BCUT2D eigenvalue weighted by molar-refractivity contribution is 7.47. The van der Waals surface area contributed by atoms with Crippen LogP contribution in [0.25, 0.3) is 0 Å². The van der Waals surface area contributed by atoms with E-state index in [2.05, 4.69) is 48.7 Å². The molecule has 0 aromatic rings. The molecule has 0 aromatic heterocycles. The Bertz CT molecular complexity index is 1250. The number of hydrogen-bond acceptors (Lipinski definition) is 5. The summed E-state index contributed by atoms with van der Waals surface area (Å²) in [4.78, 5) is 23.1. The van der Waals surface area contributed by atoms with Crippen LogP contribution < -0.4 is 5.32 Å². The Morgan fingerprint density at radius 1 is 0.515 bits per heavy atom. The Labute approximate surface area is 422 Å². The molecule has 0 bridgehead atoms. The van der Waals surface area contributed by atoms with Crippen molar-refractivity contribution in [3.05, 3.63) is 48.6 Å². The van der Waals surface area contributed by atoms with Crippen LogP contribution in [0, 0.1) is 0 Å². The van der Waals surface area contributed by atoms with E-state index in [1.165, 1.54) is 205 Å². The molecule has 400 valence electrons. The van der Waals surface area contributed by atoms with Gasteiger partial charge in [-0.2, -0.15) is 0 Å². The monoisotopic (exact) mass is 978 g/mol. The number of carbonyl (C=O) groups is 1. The summed E-state index contributed by atoms with van der Waals surface area (Å²) in [6.45, 7) is 4.56. The van der Waals surface area contributed by atoms with Gasteiger partial charge in [-0.05, 0) is 64.7 Å². The number of nitrogens with zero attached hydrogens (tertiary/aromatic N) is 1. The van der Waals surface area contributed by atoms with Gasteiger partial charge in [0.25, 0.3) is 0 Å². The summed E-state index contributed by atoms with van der Waals surface area (Å²) < 4.78 is 23.5. The molecule has 1 amide bonds. The van der Waals surface area contributed by atoms with E-state index in [0.717, 1.165) is 44.9 Å². The van der Waals surface area contributed by atoms with Crippen molar-refractivity contribution in [2.24, 2.45) is 0 Å². The number of aliphatic hydroxyl groups excluding tert-OH is 1. The molecule has 0 spiro atoms. The lowest BCUT2D eigenvalue weighted by Crippen LogP contribution is -2.45. The first kappa shape index (κ1) is 66.5. The molecule has 9 heteroatoms. The molecular weight excluding hydrogens is 864 g/mol. The fraction of sp³-hybridized carbons (Fsp3) is 0.847. The maximum atomic E-state index is 12.9. The third-order valence-corrected chi connectivity index (χ3v) is 14.1. The first-order chi connectivity index (χ1) is 33.0. The second-order valence-corrected chi connectivity index (χ2v) is 22.5. The lowest BCUT2D eigenvalue weighted by atomic mass is 10.0. The van der Waals surface area contributed by atoms with Gasteiger partial charge < -0.3 is 19.8 Å². The number of phosphoric ester groups is 1. The van der Waals surface area contributed by atoms with Gasteiger partial charge in [0.05, 0.1) is 39.9 Å². The quantitative estimate of drug-likeness (QED) is 0.0243. The zero-order chi connectivity index (χ0) is 49.9. The number of unbranched alkanes of at least 4 members (excludes halogenated alkanes) is 35. The Kier molecular flexibility index (Phi) is 49.3. The molecule has 0 aliphatic heterocycles. The number of phosphoric acid groups is 1. The topological polar surface area (TPSA) is 105 Å². The highest BCUT2D eigenvalue weighted by Gasteiger charge is 2.27. The summed E-state index contributed by atoms with van der Waals surface area (Å²) in [7, 11) is 1.55. The third kappa shape index (κ3) is 52.3. The molecule has 0 rings (SSSR count). The highest BCUT2D eigenvalue weighted by Crippen LogP contribution is 2.43. The predicted octanol–water partition coefficient (Wildman–Crippen LogP) is 17.5. The SMILES string of the molecule is C/C=C/CC/C=C/CC/C=C/C(O)C(COP(=O)(O)OCC[N+](C)(C)C)NC(=O)CCCCCCCCCCCCCCCCCCCCCCCCCCC/C=C\CCCCCCCCCC. The van der Waals surface area contributed by atoms with Crippen LogP contribution >= 0.6 is 7.82 Å². The van der Waals surface area contributed by atoms with Crippen LogP contribution in [-0.2, 0) is 18.4 Å². The zero-order valence-electron chi connectivity index (χ0n) is 45.6. The van der Waals surface area contributed by atoms with Crippen molar-refractivity contribution in [2.45, 2.75) is 283 Å². The minimum absolute atomic E-state index is 0.0536. The van der Waals surface area contributed by atoms with Crippen molar-refractivity contribution >= 4 is 13.7 Å². The number of aliphatic hydroxyl groups is 1. The Balaban J connectivity index is 3.82. The van der Waals surface area contributed by atoms with E-state index < -0.39 is 20.0 Å². The molecule has 0 radical (unpaired) electrons. The van der Waals surface area contributed by atoms with Crippen molar-refractivity contribution in [3.8, 4) is 0 Å². The van der Waals surface area contributed by atoms with Crippen LogP contribution in [-0.4, -0.2) is 73.4 Å². The standard InChI is InChI=1S/C59H113N2O6P/c1-6-8-10-12-14-16-17-18-19-20-21-22-23-24-25-26-27-28-29-30-31-32-33-34-35-36-37-38-39-40-41-42-43-45-47-49-51-53-59(63)60-57(56-67-68(64,65)66-55-54-61(3,4)5)58(62)52-50-48-46-44-15-13-11-9-7-2/h7,9,15,20-21,44,50,52,57-58,62H,6,8,10-14,16-19,22-43,45-49,51,53-56H2,1-5H3,(H-,60,63,64,65)/p+1/b9-7+,21-20-,44-15+,52-50+. The summed E-state index contributed by atoms with van der Waals surface area (Å²) in [5.74, 6) is -0.191. The van der Waals surface area contributed by atoms with Crippen LogP contribution in [0.4, 0.5) is 0 Å². The minimum Gasteiger partial charge on any atom is -0.387 e. The van der Waals surface area contributed by atoms with Crippen molar-refractivity contribution in [1.29, 1.82) is 0 Å². The molecular formula is C59H114N2O6P+. The fourth-order valence-electron chi connectivity index (χ4n) is 8.55. The number of quaternary nitrogens is 1. The highest BCUT2D eigenvalue weighted by atomic mass is 31.2. The van der Waals surface area contributed by atoms with E-state index in [4.69, 9.17) is 9.05 Å². The summed E-state index contributed by atoms with van der Waals surface area (Å²) in [6, 6.07) is -0.866. The van der Waals surface area contributed by atoms with Gasteiger partial charge in [0.15, 0.2) is 0 Å². The molecule has 0 saturated heterocycles. The van der Waals surface area contributed by atoms with Crippen LogP contribution in [0.15, 0.2) is 48.6 Å². The average Bonchev–Trinajstić information content (AvgIpc) is 3.30. The van der Waals surface area contributed by atoms with E-state index in [9.17, 15) is 19.4 Å². The van der Waals surface area contributed by atoms with Crippen molar-refractivity contribution in [1.82, 2.24) is 5.32 Å². The van der Waals surface area contributed by atoms with Gasteiger partial charge >= 0.3 is 7.82 Å². The van der Waals surface area contributed by atoms with Crippen LogP contribution in [0.5, 0.6) is 0 Å². The number of amides is 1. The predicted molar refractivity (Wildman–Crippen MR) is 295 cm³/mol. The first-order valence-electron chi connectivity index (χ1n) is 29.0. The molecule has 0 heterocycles. The number of allylic oxidation sites excluding steroid dienone is 7. The maximum absolute atomic E-state index is 12.9. The number of rotatable bonds is 53. The van der Waals surface area contributed by atoms with E-state index in [-0.39, 0.29) is 19.1 Å². The van der Waals surface area contributed by atoms with Gasteiger partial charge in [0.1, 0.15) is 13.2 Å². The summed E-state index contributed by atoms with van der Waals surface area (Å²) in [5.41, 5.74) is 0. The largest absolute Gasteiger partial charge is 0.472 e. The van der Waals surface area contributed by atoms with Crippen LogP contribution in [0.2, 0.25) is 0 Å². The zero-order valence-corrected chi connectivity index (χ0v) is 46.5.